The fourth-order valence-electron chi connectivity index (χ4n) is 6.52. The molecule has 1 fully saturated rings. The highest BCUT2D eigenvalue weighted by Crippen LogP contribution is 2.29. The van der Waals surface area contributed by atoms with Crippen molar-refractivity contribution >= 4 is 69.3 Å². The Bertz CT molecular complexity index is 1990. The summed E-state index contributed by atoms with van der Waals surface area (Å²) in [6.45, 7) is 3.01. The van der Waals surface area contributed by atoms with E-state index in [4.69, 9.17) is 0 Å². The van der Waals surface area contributed by atoms with Crippen LogP contribution in [0.3, 0.4) is 0 Å². The fourth-order valence-corrected chi connectivity index (χ4v) is 6.83. The lowest BCUT2D eigenvalue weighted by molar-refractivity contribution is -0.140. The third-order valence-corrected chi connectivity index (χ3v) is 10.8. The summed E-state index contributed by atoms with van der Waals surface area (Å²) in [5.41, 5.74) is -0.176. The molecule has 19 nitrogen and oxygen atoms in total. The third kappa shape index (κ3) is 14.3. The van der Waals surface area contributed by atoms with Crippen molar-refractivity contribution in [2.24, 2.45) is 11.8 Å². The first kappa shape index (κ1) is 44.5. The molecule has 1 saturated carbocycles. The topological polar surface area (TPSA) is 274 Å². The lowest BCUT2D eigenvalue weighted by atomic mass is 9.81. The zero-order valence-corrected chi connectivity index (χ0v) is 33.6. The monoisotopic (exact) mass is 908 g/mol. The number of nitrogens with zero attached hydrogens (tertiary/aromatic N) is 2. The van der Waals surface area contributed by atoms with E-state index in [0.717, 1.165) is 35.7 Å². The van der Waals surface area contributed by atoms with Gasteiger partial charge in [0.05, 0.1) is 13.1 Å². The number of unbranched alkanes of at least 4 members (excludes halogenated alkanes) is 1. The summed E-state index contributed by atoms with van der Waals surface area (Å²) >= 11 is 2.11. The van der Waals surface area contributed by atoms with Gasteiger partial charge >= 0.3 is 29.4 Å². The maximum Gasteiger partial charge on any atom is 0.440 e. The van der Waals surface area contributed by atoms with E-state index in [2.05, 4.69) is 48.7 Å². The van der Waals surface area contributed by atoms with Gasteiger partial charge in [0.15, 0.2) is 0 Å². The summed E-state index contributed by atoms with van der Waals surface area (Å²) in [7, 11) is 0. The predicted molar refractivity (Wildman–Crippen MR) is 214 cm³/mol. The van der Waals surface area contributed by atoms with E-state index < -0.39 is 60.0 Å². The Balaban J connectivity index is 1.28. The number of carbonyl (C=O) groups is 6. The second-order valence-corrected chi connectivity index (χ2v) is 15.3. The molecule has 5 amide bonds. The molecule has 0 saturated heterocycles. The van der Waals surface area contributed by atoms with Crippen LogP contribution in [0.1, 0.15) is 57.4 Å². The molecule has 1 aliphatic rings. The summed E-state index contributed by atoms with van der Waals surface area (Å²) in [5.74, 6) is -4.76. The minimum Gasteiger partial charge on any atom is -0.480 e. The van der Waals surface area contributed by atoms with Gasteiger partial charge in [-0.1, -0.05) is 49.4 Å². The number of hydrogen-bond donors (Lipinski definition) is 8. The van der Waals surface area contributed by atoms with Crippen LogP contribution in [0.25, 0.3) is 10.8 Å². The zero-order chi connectivity index (χ0) is 41.5. The van der Waals surface area contributed by atoms with Crippen molar-refractivity contribution in [1.82, 2.24) is 39.4 Å². The molecule has 3 aromatic rings. The molecule has 4 rings (SSSR count). The number of rotatable bonds is 21. The molecule has 2 aromatic carbocycles. The van der Waals surface area contributed by atoms with Crippen molar-refractivity contribution in [3.05, 3.63) is 69.1 Å². The summed E-state index contributed by atoms with van der Waals surface area (Å²) in [4.78, 5) is 100.0. The van der Waals surface area contributed by atoms with E-state index in [-0.39, 0.29) is 49.5 Å². The van der Waals surface area contributed by atoms with Crippen molar-refractivity contribution in [3.63, 3.8) is 0 Å². The molecule has 310 valence electrons. The van der Waals surface area contributed by atoms with Crippen molar-refractivity contribution in [3.8, 4) is 0 Å². The van der Waals surface area contributed by atoms with Crippen LogP contribution in [0.15, 0.2) is 56.6 Å². The number of nitrogens with one attached hydrogen (secondary N) is 6. The van der Waals surface area contributed by atoms with E-state index in [9.17, 15) is 48.6 Å². The van der Waals surface area contributed by atoms with E-state index >= 15 is 0 Å². The fraction of sp³-hybridized carbons (Fsp3) is 0.514. The minimum atomic E-state index is -1.73. The highest BCUT2D eigenvalue weighted by Gasteiger charge is 2.30. The van der Waals surface area contributed by atoms with E-state index in [1.165, 1.54) is 0 Å². The first-order chi connectivity index (χ1) is 27.2. The SMILES string of the molecule is CCN(I)CC(=O)NCC1CCC(C(=O)N[C@@H](Cc2ccc3ccccc3c2)C(=O)NCCCC[C@H](NC(=O)N[C@@H](Cn2oc(=O)[nH]c2=O)C(=O)O)C(=O)O)CC1. The molecule has 0 radical (unpaired) electrons. The standard InChI is InChI=1S/C37H49IN8O11/c1-2-45(38)21-30(47)40-19-22-10-14-25(15-11-22)31(48)41-28(18-23-12-13-24-7-3-4-8-26(24)17-23)32(49)39-16-6-5-9-27(33(50)51)42-35(54)43-29(34(52)53)20-46-36(55)44-37(56)57-46/h3-4,7-8,12-13,17,22,25,27-29H,2,5-6,9-11,14-16,18-21H2,1H3,(H,39,49)(H,40,47)(H,41,48)(H,50,51)(H,52,53)(H2,42,43,54)(H,44,55,56)/t22?,25?,27-,28-,29-/m0/s1. The van der Waals surface area contributed by atoms with E-state index in [1.807, 2.05) is 57.8 Å². The number of H-pyrrole nitrogens is 1. The number of aromatic amines is 1. The molecule has 0 spiro atoms. The smallest absolute Gasteiger partial charge is 0.440 e. The van der Waals surface area contributed by atoms with E-state index in [1.54, 1.807) is 4.98 Å². The van der Waals surface area contributed by atoms with Crippen LogP contribution in [-0.4, -0.2) is 103 Å². The van der Waals surface area contributed by atoms with Crippen LogP contribution in [0.2, 0.25) is 0 Å². The zero-order valence-electron chi connectivity index (χ0n) is 31.5. The van der Waals surface area contributed by atoms with Gasteiger partial charge in [-0.25, -0.2) is 32.1 Å². The maximum absolute atomic E-state index is 13.6. The number of carboxylic acid groups (broad SMARTS) is 2. The molecular formula is C37H49IN8O11. The number of halogens is 1. The molecule has 0 unspecified atom stereocenters. The molecule has 1 aliphatic carbocycles. The Morgan fingerprint density at radius 2 is 1.58 bits per heavy atom. The third-order valence-electron chi connectivity index (χ3n) is 9.75. The highest BCUT2D eigenvalue weighted by atomic mass is 127. The Labute approximate surface area is 341 Å². The Morgan fingerprint density at radius 3 is 2.23 bits per heavy atom. The summed E-state index contributed by atoms with van der Waals surface area (Å²) < 4.78 is 6.82. The number of amides is 5. The number of fused-ring (bicyclic) bond motifs is 1. The normalized spacial score (nSPS) is 16.9. The van der Waals surface area contributed by atoms with Gasteiger partial charge in [0.1, 0.15) is 18.1 Å². The molecule has 3 atom stereocenters. The summed E-state index contributed by atoms with van der Waals surface area (Å²) in [5, 5.41) is 34.2. The second kappa shape index (κ2) is 21.9. The maximum atomic E-state index is 13.6. The summed E-state index contributed by atoms with van der Waals surface area (Å²) in [6.07, 6.45) is 3.51. The van der Waals surface area contributed by atoms with Gasteiger partial charge in [-0.2, -0.15) is 0 Å². The van der Waals surface area contributed by atoms with Gasteiger partial charge in [0, 0.05) is 54.8 Å². The molecule has 0 aliphatic heterocycles. The Kier molecular flexibility index (Phi) is 17.1. The van der Waals surface area contributed by atoms with Crippen molar-refractivity contribution in [1.29, 1.82) is 0 Å². The number of benzene rings is 2. The van der Waals surface area contributed by atoms with Crippen LogP contribution in [0, 0.1) is 11.8 Å². The van der Waals surface area contributed by atoms with Crippen LogP contribution in [0.4, 0.5) is 4.79 Å². The van der Waals surface area contributed by atoms with Gasteiger partial charge in [0.25, 0.3) is 0 Å². The predicted octanol–water partition coefficient (Wildman–Crippen LogP) is 1.10. The first-order valence-electron chi connectivity index (χ1n) is 18.8. The van der Waals surface area contributed by atoms with Crippen molar-refractivity contribution in [2.45, 2.75) is 83.0 Å². The summed E-state index contributed by atoms with van der Waals surface area (Å²) in [6, 6.07) is 8.47. The number of aromatic nitrogens is 2. The average molecular weight is 909 g/mol. The molecule has 8 N–H and O–H groups in total. The average Bonchev–Trinajstić information content (AvgIpc) is 3.50. The number of hydrogen-bond acceptors (Lipinski definition) is 10. The molecule has 0 bridgehead atoms. The minimum absolute atomic E-state index is 0.0371. The van der Waals surface area contributed by atoms with Crippen LogP contribution in [0.5, 0.6) is 0 Å². The number of carboxylic acids is 2. The van der Waals surface area contributed by atoms with Gasteiger partial charge in [-0.3, -0.25) is 14.4 Å². The van der Waals surface area contributed by atoms with Gasteiger partial charge < -0.3 is 41.3 Å². The quantitative estimate of drug-likeness (QED) is 0.0424. The largest absolute Gasteiger partial charge is 0.480 e. The van der Waals surface area contributed by atoms with Crippen molar-refractivity contribution in [2.75, 3.05) is 26.2 Å². The molecule has 20 heteroatoms. The van der Waals surface area contributed by atoms with Crippen LogP contribution in [-0.2, 0) is 36.9 Å². The van der Waals surface area contributed by atoms with E-state index in [0.29, 0.717) is 37.1 Å². The van der Waals surface area contributed by atoms with Gasteiger partial charge in [0.2, 0.25) is 17.7 Å². The number of urea groups is 1. The number of likely N-dealkylation sites (N-methyl/N-ethyl adjacent to an activating group) is 1. The first-order valence-corrected chi connectivity index (χ1v) is 19.7. The van der Waals surface area contributed by atoms with Gasteiger partial charge in [-0.15, -0.1) is 4.74 Å². The Hall–Kier alpha value is -5.25. The number of aliphatic carboxylic acids is 2. The molecular weight excluding hydrogens is 859 g/mol. The lowest BCUT2D eigenvalue weighted by Crippen LogP contribution is -2.52. The molecule has 1 aromatic heterocycles. The molecule has 57 heavy (non-hydrogen) atoms. The van der Waals surface area contributed by atoms with Crippen molar-refractivity contribution < 1.29 is 43.5 Å². The van der Waals surface area contributed by atoms with Gasteiger partial charge in [-0.05, 0) is 67.2 Å². The lowest BCUT2D eigenvalue weighted by Gasteiger charge is -2.29. The number of carbonyl (C=O) groups excluding carboxylic acids is 4. The van der Waals surface area contributed by atoms with Crippen LogP contribution >= 0.6 is 22.9 Å². The Morgan fingerprint density at radius 1 is 0.895 bits per heavy atom. The van der Waals surface area contributed by atoms with Crippen LogP contribution < -0.4 is 38.0 Å². The highest BCUT2D eigenvalue weighted by molar-refractivity contribution is 14.1. The molecule has 1 heterocycles. The second-order valence-electron chi connectivity index (χ2n) is 14.0.